The zero-order valence-corrected chi connectivity index (χ0v) is 8.46. The number of carboxylic acids is 1. The summed E-state index contributed by atoms with van der Waals surface area (Å²) in [5.74, 6) is -1.52. The lowest BCUT2D eigenvalue weighted by Crippen LogP contribution is -2.02. The van der Waals surface area contributed by atoms with E-state index >= 15 is 0 Å². The van der Waals surface area contributed by atoms with E-state index in [-0.39, 0.29) is 23.5 Å². The summed E-state index contributed by atoms with van der Waals surface area (Å²) in [6, 6.07) is 4.34. The Morgan fingerprint density at radius 2 is 2.31 bits per heavy atom. The van der Waals surface area contributed by atoms with Crippen LogP contribution < -0.4 is 0 Å². The first kappa shape index (κ1) is 11.8. The van der Waals surface area contributed by atoms with Crippen molar-refractivity contribution in [1.82, 2.24) is 0 Å². The largest absolute Gasteiger partial charge is 0.507 e. The molecular weight excluding hydrogens is 210 g/mol. The second kappa shape index (κ2) is 5.55. The van der Waals surface area contributed by atoms with Gasteiger partial charge in [0.05, 0.1) is 6.21 Å². The fourth-order valence-electron chi connectivity index (χ4n) is 1.09. The fourth-order valence-corrected chi connectivity index (χ4v) is 1.09. The van der Waals surface area contributed by atoms with E-state index in [9.17, 15) is 9.90 Å². The molecule has 0 saturated heterocycles. The number of nitrogens with zero attached hydrogens (tertiary/aromatic N) is 1. The molecular formula is C11H11NO4. The van der Waals surface area contributed by atoms with Crippen LogP contribution in [0, 0.1) is 0 Å². The van der Waals surface area contributed by atoms with Crippen LogP contribution in [0.25, 0.3) is 0 Å². The van der Waals surface area contributed by atoms with Gasteiger partial charge in [0.2, 0.25) is 0 Å². The number of carboxylic acid groups (broad SMARTS) is 1. The van der Waals surface area contributed by atoms with Gasteiger partial charge >= 0.3 is 5.97 Å². The number of hydrogen-bond donors (Lipinski definition) is 2. The zero-order valence-electron chi connectivity index (χ0n) is 8.46. The highest BCUT2D eigenvalue weighted by Crippen LogP contribution is 2.19. The smallest absolute Gasteiger partial charge is 0.340 e. The molecule has 1 aromatic carbocycles. The van der Waals surface area contributed by atoms with Crippen LogP contribution >= 0.6 is 0 Å². The Bertz CT molecular complexity index is 426. The second-order valence-electron chi connectivity index (χ2n) is 2.87. The molecule has 0 aromatic heterocycles. The molecule has 0 aliphatic heterocycles. The molecule has 1 aromatic rings. The number of carbonyl (C=O) groups is 1. The Morgan fingerprint density at radius 3 is 2.94 bits per heavy atom. The van der Waals surface area contributed by atoms with E-state index in [0.29, 0.717) is 0 Å². The predicted molar refractivity (Wildman–Crippen MR) is 58.8 cm³/mol. The monoisotopic (exact) mass is 221 g/mol. The van der Waals surface area contributed by atoms with E-state index < -0.39 is 5.97 Å². The Kier molecular flexibility index (Phi) is 4.08. The minimum Gasteiger partial charge on any atom is -0.507 e. The van der Waals surface area contributed by atoms with Gasteiger partial charge in [0.1, 0.15) is 17.9 Å². The van der Waals surface area contributed by atoms with Crippen molar-refractivity contribution in [3.05, 3.63) is 42.0 Å². The van der Waals surface area contributed by atoms with E-state index in [4.69, 9.17) is 9.94 Å². The number of rotatable bonds is 5. The van der Waals surface area contributed by atoms with Crippen LogP contribution in [0.3, 0.4) is 0 Å². The number of aromatic hydroxyl groups is 1. The Hall–Kier alpha value is -2.30. The average Bonchev–Trinajstić information content (AvgIpc) is 2.24. The van der Waals surface area contributed by atoms with Gasteiger partial charge in [0, 0.05) is 5.56 Å². The van der Waals surface area contributed by atoms with Gasteiger partial charge in [-0.15, -0.1) is 0 Å². The van der Waals surface area contributed by atoms with Crippen molar-refractivity contribution in [3.63, 3.8) is 0 Å². The van der Waals surface area contributed by atoms with Crippen molar-refractivity contribution in [2.45, 2.75) is 0 Å². The van der Waals surface area contributed by atoms with Gasteiger partial charge in [-0.25, -0.2) is 4.79 Å². The molecule has 1 rings (SSSR count). The van der Waals surface area contributed by atoms with Crippen LogP contribution in [0.1, 0.15) is 15.9 Å². The summed E-state index contributed by atoms with van der Waals surface area (Å²) in [7, 11) is 0. The first-order chi connectivity index (χ1) is 7.66. The van der Waals surface area contributed by atoms with Crippen molar-refractivity contribution in [2.75, 3.05) is 6.61 Å². The summed E-state index contributed by atoms with van der Waals surface area (Å²) < 4.78 is 0. The van der Waals surface area contributed by atoms with Crippen molar-refractivity contribution in [1.29, 1.82) is 0 Å². The number of benzene rings is 1. The summed E-state index contributed by atoms with van der Waals surface area (Å²) in [6.45, 7) is 3.67. The molecule has 0 heterocycles. The topological polar surface area (TPSA) is 79.1 Å². The Labute approximate surface area is 92.3 Å². The van der Waals surface area contributed by atoms with Crippen LogP contribution in [0.2, 0.25) is 0 Å². The van der Waals surface area contributed by atoms with Gasteiger partial charge in [0.15, 0.2) is 0 Å². The number of aromatic carboxylic acids is 1. The third kappa shape index (κ3) is 2.84. The van der Waals surface area contributed by atoms with Gasteiger partial charge < -0.3 is 15.1 Å². The number of oxime groups is 1. The molecule has 0 fully saturated rings. The minimum atomic E-state index is -1.22. The third-order valence-electron chi connectivity index (χ3n) is 1.75. The summed E-state index contributed by atoms with van der Waals surface area (Å²) in [4.78, 5) is 15.6. The normalized spacial score (nSPS) is 10.2. The lowest BCUT2D eigenvalue weighted by molar-refractivity contribution is 0.0693. The molecule has 0 bridgehead atoms. The predicted octanol–water partition coefficient (Wildman–Crippen LogP) is 1.63. The van der Waals surface area contributed by atoms with Gasteiger partial charge in [0.25, 0.3) is 0 Å². The Balaban J connectivity index is 2.95. The van der Waals surface area contributed by atoms with Gasteiger partial charge in [-0.1, -0.05) is 29.9 Å². The highest BCUT2D eigenvalue weighted by Gasteiger charge is 2.13. The molecule has 5 heteroatoms. The molecule has 84 valence electrons. The van der Waals surface area contributed by atoms with Gasteiger partial charge in [-0.05, 0) is 6.07 Å². The highest BCUT2D eigenvalue weighted by molar-refractivity contribution is 6.00. The third-order valence-corrected chi connectivity index (χ3v) is 1.75. The molecule has 0 saturated carbocycles. The SMILES string of the molecule is C=CCON=Cc1cccc(O)c1C(=O)O. The average molecular weight is 221 g/mol. The van der Waals surface area contributed by atoms with Crippen molar-refractivity contribution >= 4 is 12.2 Å². The molecule has 0 amide bonds. The number of hydrogen-bond acceptors (Lipinski definition) is 4. The maximum absolute atomic E-state index is 10.9. The van der Waals surface area contributed by atoms with Crippen LogP contribution in [0.5, 0.6) is 5.75 Å². The lowest BCUT2D eigenvalue weighted by atomic mass is 10.1. The summed E-state index contributed by atoms with van der Waals surface area (Å²) >= 11 is 0. The van der Waals surface area contributed by atoms with Crippen LogP contribution in [-0.2, 0) is 4.84 Å². The molecule has 16 heavy (non-hydrogen) atoms. The summed E-state index contributed by atoms with van der Waals surface area (Å²) in [5.41, 5.74) is 0.0741. The summed E-state index contributed by atoms with van der Waals surface area (Å²) in [6.07, 6.45) is 2.74. The highest BCUT2D eigenvalue weighted by atomic mass is 16.6. The second-order valence-corrected chi connectivity index (χ2v) is 2.87. The maximum Gasteiger partial charge on any atom is 0.340 e. The fraction of sp³-hybridized carbons (Fsp3) is 0.0909. The van der Waals surface area contributed by atoms with E-state index in [0.717, 1.165) is 0 Å². The standard InChI is InChI=1S/C11H11NO4/c1-2-6-16-12-7-8-4-3-5-9(13)10(8)11(14)15/h2-5,7,13H,1,6H2,(H,14,15). The van der Waals surface area contributed by atoms with Crippen molar-refractivity contribution in [2.24, 2.45) is 5.16 Å². The number of phenols is 1. The quantitative estimate of drug-likeness (QED) is 0.343. The molecule has 5 nitrogen and oxygen atoms in total. The molecule has 0 unspecified atom stereocenters. The van der Waals surface area contributed by atoms with E-state index in [2.05, 4.69) is 11.7 Å². The lowest BCUT2D eigenvalue weighted by Gasteiger charge is -2.02. The van der Waals surface area contributed by atoms with Crippen molar-refractivity contribution < 1.29 is 19.8 Å². The molecule has 0 aliphatic rings. The van der Waals surface area contributed by atoms with E-state index in [1.54, 1.807) is 0 Å². The van der Waals surface area contributed by atoms with Gasteiger partial charge in [-0.3, -0.25) is 0 Å². The van der Waals surface area contributed by atoms with Gasteiger partial charge in [-0.2, -0.15) is 0 Å². The zero-order chi connectivity index (χ0) is 12.0. The van der Waals surface area contributed by atoms with Crippen LogP contribution in [0.15, 0.2) is 36.0 Å². The minimum absolute atomic E-state index is 0.201. The molecule has 2 N–H and O–H groups in total. The molecule has 0 spiro atoms. The first-order valence-electron chi connectivity index (χ1n) is 4.48. The first-order valence-corrected chi connectivity index (χ1v) is 4.48. The molecule has 0 aliphatic carbocycles. The maximum atomic E-state index is 10.9. The summed E-state index contributed by atoms with van der Waals surface area (Å²) in [5, 5.41) is 21.8. The van der Waals surface area contributed by atoms with Crippen LogP contribution in [-0.4, -0.2) is 29.0 Å². The molecule has 0 radical (unpaired) electrons. The van der Waals surface area contributed by atoms with E-state index in [1.165, 1.54) is 30.5 Å². The van der Waals surface area contributed by atoms with E-state index in [1.807, 2.05) is 0 Å². The van der Waals surface area contributed by atoms with Crippen molar-refractivity contribution in [3.8, 4) is 5.75 Å². The van der Waals surface area contributed by atoms with Crippen LogP contribution in [0.4, 0.5) is 0 Å². The Morgan fingerprint density at radius 1 is 1.56 bits per heavy atom. The molecule has 0 atom stereocenters.